The molecule has 2 amide bonds. The van der Waals surface area contributed by atoms with E-state index in [-0.39, 0.29) is 12.6 Å². The lowest BCUT2D eigenvalue weighted by Crippen LogP contribution is -2.38. The van der Waals surface area contributed by atoms with Crippen LogP contribution in [0.2, 0.25) is 0 Å². The molecule has 0 saturated heterocycles. The molecule has 6 heteroatoms. The Bertz CT molecular complexity index is 345. The average molecular weight is 252 g/mol. The van der Waals surface area contributed by atoms with Crippen LogP contribution >= 0.6 is 0 Å². The predicted octanol–water partition coefficient (Wildman–Crippen LogP) is 1.49. The lowest BCUT2D eigenvalue weighted by Gasteiger charge is -2.21. The number of nitrogens with zero attached hydrogens (tertiary/aromatic N) is 3. The highest BCUT2D eigenvalue weighted by Gasteiger charge is 2.12. The molecular weight excluding hydrogens is 232 g/mol. The molecule has 0 unspecified atom stereocenters. The molecule has 1 aromatic heterocycles. The molecule has 2 N–H and O–H groups in total. The van der Waals surface area contributed by atoms with Gasteiger partial charge in [0.25, 0.3) is 0 Å². The number of unbranched alkanes of at least 4 members (excludes halogenated alkanes) is 2. The Morgan fingerprint density at radius 3 is 2.89 bits per heavy atom. The Balaban J connectivity index is 2.48. The van der Waals surface area contributed by atoms with Crippen LogP contribution in [0.1, 0.15) is 26.2 Å². The molecule has 100 valence electrons. The van der Waals surface area contributed by atoms with Crippen LogP contribution in [0.25, 0.3) is 0 Å². The van der Waals surface area contributed by atoms with E-state index in [1.807, 2.05) is 0 Å². The van der Waals surface area contributed by atoms with Gasteiger partial charge >= 0.3 is 6.03 Å². The third-order valence-electron chi connectivity index (χ3n) is 2.50. The van der Waals surface area contributed by atoms with Crippen molar-refractivity contribution >= 4 is 11.8 Å². The molecule has 0 spiro atoms. The number of aliphatic hydroxyl groups is 1. The summed E-state index contributed by atoms with van der Waals surface area (Å²) >= 11 is 0. The van der Waals surface area contributed by atoms with Gasteiger partial charge in [0.15, 0.2) is 5.82 Å². The molecule has 0 aliphatic heterocycles. The van der Waals surface area contributed by atoms with Gasteiger partial charge in [-0.05, 0) is 18.6 Å². The van der Waals surface area contributed by atoms with E-state index in [1.165, 1.54) is 0 Å². The number of nitrogens with one attached hydrogen (secondary N) is 1. The minimum absolute atomic E-state index is 0.0417. The summed E-state index contributed by atoms with van der Waals surface area (Å²) in [6, 6.07) is 3.13. The lowest BCUT2D eigenvalue weighted by molar-refractivity contribution is 0.187. The number of urea groups is 1. The number of rotatable bonds is 7. The summed E-state index contributed by atoms with van der Waals surface area (Å²) in [4.78, 5) is 13.5. The minimum Gasteiger partial charge on any atom is -0.395 e. The van der Waals surface area contributed by atoms with E-state index in [4.69, 9.17) is 5.11 Å². The first kappa shape index (κ1) is 14.4. The van der Waals surface area contributed by atoms with Crippen LogP contribution in [0.3, 0.4) is 0 Å². The maximum atomic E-state index is 11.9. The van der Waals surface area contributed by atoms with Crippen molar-refractivity contribution in [2.75, 3.05) is 25.0 Å². The lowest BCUT2D eigenvalue weighted by atomic mass is 10.2. The van der Waals surface area contributed by atoms with Gasteiger partial charge in [0.2, 0.25) is 0 Å². The molecule has 0 radical (unpaired) electrons. The highest BCUT2D eigenvalue weighted by Crippen LogP contribution is 2.03. The molecule has 0 fully saturated rings. The molecule has 0 atom stereocenters. The molecule has 1 rings (SSSR count). The van der Waals surface area contributed by atoms with Crippen LogP contribution in [0.4, 0.5) is 10.6 Å². The van der Waals surface area contributed by atoms with Crippen LogP contribution in [-0.2, 0) is 0 Å². The standard InChI is InChI=1S/C12H20N4O2/c1-2-3-4-8-16(9-10-17)12(18)14-11-6-5-7-13-15-11/h5-7,17H,2-4,8-10H2,1H3,(H,14,15,18). The summed E-state index contributed by atoms with van der Waals surface area (Å²) in [5.41, 5.74) is 0. The predicted molar refractivity (Wildman–Crippen MR) is 69.2 cm³/mol. The molecular formula is C12H20N4O2. The van der Waals surface area contributed by atoms with Gasteiger partial charge in [-0.15, -0.1) is 5.10 Å². The smallest absolute Gasteiger partial charge is 0.323 e. The maximum Gasteiger partial charge on any atom is 0.323 e. The quantitative estimate of drug-likeness (QED) is 0.721. The van der Waals surface area contributed by atoms with Gasteiger partial charge in [-0.2, -0.15) is 5.10 Å². The van der Waals surface area contributed by atoms with Crippen molar-refractivity contribution in [3.05, 3.63) is 18.3 Å². The third kappa shape index (κ3) is 5.09. The first-order chi connectivity index (χ1) is 8.77. The number of hydrogen-bond donors (Lipinski definition) is 2. The third-order valence-corrected chi connectivity index (χ3v) is 2.50. The maximum absolute atomic E-state index is 11.9. The zero-order valence-corrected chi connectivity index (χ0v) is 10.7. The second-order valence-electron chi connectivity index (χ2n) is 3.96. The van der Waals surface area contributed by atoms with Crippen molar-refractivity contribution in [3.63, 3.8) is 0 Å². The van der Waals surface area contributed by atoms with Gasteiger partial charge in [-0.3, -0.25) is 5.32 Å². The Morgan fingerprint density at radius 1 is 1.44 bits per heavy atom. The van der Waals surface area contributed by atoms with Gasteiger partial charge < -0.3 is 10.0 Å². The van der Waals surface area contributed by atoms with Crippen molar-refractivity contribution in [1.82, 2.24) is 15.1 Å². The molecule has 0 saturated carbocycles. The fourth-order valence-electron chi connectivity index (χ4n) is 1.55. The van der Waals surface area contributed by atoms with Crippen LogP contribution in [0.5, 0.6) is 0 Å². The largest absolute Gasteiger partial charge is 0.395 e. The van der Waals surface area contributed by atoms with Crippen LogP contribution in [0.15, 0.2) is 18.3 Å². The van der Waals surface area contributed by atoms with E-state index >= 15 is 0 Å². The van der Waals surface area contributed by atoms with E-state index in [2.05, 4.69) is 22.4 Å². The first-order valence-electron chi connectivity index (χ1n) is 6.22. The highest BCUT2D eigenvalue weighted by atomic mass is 16.3. The van der Waals surface area contributed by atoms with Gasteiger partial charge in [-0.1, -0.05) is 19.8 Å². The van der Waals surface area contributed by atoms with E-state index in [1.54, 1.807) is 23.2 Å². The molecule has 0 bridgehead atoms. The van der Waals surface area contributed by atoms with Crippen molar-refractivity contribution in [2.24, 2.45) is 0 Å². The summed E-state index contributed by atoms with van der Waals surface area (Å²) in [6.07, 6.45) is 4.64. The summed E-state index contributed by atoms with van der Waals surface area (Å²) in [5, 5.41) is 19.1. The average Bonchev–Trinajstić information content (AvgIpc) is 2.39. The zero-order valence-electron chi connectivity index (χ0n) is 10.7. The molecule has 0 aliphatic rings. The van der Waals surface area contributed by atoms with Crippen LogP contribution in [0, 0.1) is 0 Å². The topological polar surface area (TPSA) is 78.4 Å². The molecule has 1 heterocycles. The summed E-state index contributed by atoms with van der Waals surface area (Å²) in [6.45, 7) is 3.03. The Morgan fingerprint density at radius 2 is 2.28 bits per heavy atom. The molecule has 0 aliphatic carbocycles. The van der Waals surface area contributed by atoms with Crippen molar-refractivity contribution in [3.8, 4) is 0 Å². The fraction of sp³-hybridized carbons (Fsp3) is 0.583. The summed E-state index contributed by atoms with van der Waals surface area (Å²) in [7, 11) is 0. The van der Waals surface area contributed by atoms with Crippen LogP contribution in [-0.4, -0.2) is 45.9 Å². The molecule has 0 aromatic carbocycles. The fourth-order valence-corrected chi connectivity index (χ4v) is 1.55. The summed E-state index contributed by atoms with van der Waals surface area (Å²) < 4.78 is 0. The van der Waals surface area contributed by atoms with Gasteiger partial charge in [0.1, 0.15) is 0 Å². The number of aliphatic hydroxyl groups excluding tert-OH is 1. The highest BCUT2D eigenvalue weighted by molar-refractivity contribution is 5.88. The number of anilines is 1. The Labute approximate surface area is 107 Å². The monoisotopic (exact) mass is 252 g/mol. The van der Waals surface area contributed by atoms with E-state index in [0.717, 1.165) is 19.3 Å². The number of aromatic nitrogens is 2. The second kappa shape index (κ2) is 8.41. The normalized spacial score (nSPS) is 10.1. The SMILES string of the molecule is CCCCCN(CCO)C(=O)Nc1cccnn1. The van der Waals surface area contributed by atoms with Gasteiger partial charge in [-0.25, -0.2) is 4.79 Å². The van der Waals surface area contributed by atoms with E-state index < -0.39 is 0 Å². The van der Waals surface area contributed by atoms with Gasteiger partial charge in [0.05, 0.1) is 6.61 Å². The van der Waals surface area contributed by atoms with Crippen molar-refractivity contribution in [1.29, 1.82) is 0 Å². The number of carbonyl (C=O) groups is 1. The summed E-state index contributed by atoms with van der Waals surface area (Å²) in [5.74, 6) is 0.418. The number of hydrogen-bond acceptors (Lipinski definition) is 4. The second-order valence-corrected chi connectivity index (χ2v) is 3.96. The molecule has 6 nitrogen and oxygen atoms in total. The first-order valence-corrected chi connectivity index (χ1v) is 6.22. The Hall–Kier alpha value is -1.69. The van der Waals surface area contributed by atoms with Crippen molar-refractivity contribution < 1.29 is 9.90 Å². The zero-order chi connectivity index (χ0) is 13.2. The van der Waals surface area contributed by atoms with Crippen LogP contribution < -0.4 is 5.32 Å². The number of carbonyl (C=O) groups excluding carboxylic acids is 1. The number of amides is 2. The van der Waals surface area contributed by atoms with Crippen molar-refractivity contribution in [2.45, 2.75) is 26.2 Å². The molecule has 18 heavy (non-hydrogen) atoms. The Kier molecular flexibility index (Phi) is 6.71. The molecule has 1 aromatic rings. The van der Waals surface area contributed by atoms with E-state index in [0.29, 0.717) is 18.9 Å². The van der Waals surface area contributed by atoms with Gasteiger partial charge in [0, 0.05) is 19.3 Å². The minimum atomic E-state index is -0.249. The van der Waals surface area contributed by atoms with E-state index in [9.17, 15) is 4.79 Å².